The highest BCUT2D eigenvalue weighted by Crippen LogP contribution is 2.13. The third-order valence-corrected chi connectivity index (χ3v) is 3.43. The van der Waals surface area contributed by atoms with Gasteiger partial charge in [-0.1, -0.05) is 12.1 Å². The van der Waals surface area contributed by atoms with Crippen LogP contribution in [0.2, 0.25) is 0 Å². The Labute approximate surface area is 119 Å². The van der Waals surface area contributed by atoms with Gasteiger partial charge in [0.15, 0.2) is 0 Å². The molecule has 2 N–H and O–H groups in total. The number of benzene rings is 1. The van der Waals surface area contributed by atoms with E-state index in [4.69, 9.17) is 0 Å². The molecule has 0 spiro atoms. The second kappa shape index (κ2) is 6.52. The Morgan fingerprint density at radius 2 is 1.90 bits per heavy atom. The predicted octanol–water partition coefficient (Wildman–Crippen LogP) is 0.865. The van der Waals surface area contributed by atoms with E-state index in [9.17, 15) is 9.59 Å². The zero-order valence-electron chi connectivity index (χ0n) is 12.0. The lowest BCUT2D eigenvalue weighted by Crippen LogP contribution is -2.43. The van der Waals surface area contributed by atoms with Crippen molar-refractivity contribution < 1.29 is 9.59 Å². The van der Waals surface area contributed by atoms with E-state index in [1.807, 2.05) is 24.3 Å². The summed E-state index contributed by atoms with van der Waals surface area (Å²) < 4.78 is 0. The number of carbonyl (C=O) groups excluding carboxylic acids is 2. The minimum absolute atomic E-state index is 0.0496. The maximum atomic E-state index is 11.8. The fourth-order valence-corrected chi connectivity index (χ4v) is 2.01. The third kappa shape index (κ3) is 4.06. The Hall–Kier alpha value is -1.88. The molecule has 0 aromatic heterocycles. The number of hydrogen-bond acceptors (Lipinski definition) is 3. The zero-order valence-corrected chi connectivity index (χ0v) is 12.0. The molecule has 0 radical (unpaired) electrons. The van der Waals surface area contributed by atoms with Crippen LogP contribution in [-0.4, -0.2) is 43.9 Å². The van der Waals surface area contributed by atoms with Crippen LogP contribution in [0, 0.1) is 5.92 Å². The maximum absolute atomic E-state index is 11.8. The lowest BCUT2D eigenvalue weighted by molar-refractivity contribution is -0.128. The van der Waals surface area contributed by atoms with Crippen LogP contribution in [0.25, 0.3) is 0 Å². The molecule has 0 saturated carbocycles. The predicted molar refractivity (Wildman–Crippen MR) is 78.4 cm³/mol. The van der Waals surface area contributed by atoms with Gasteiger partial charge in [-0.3, -0.25) is 9.59 Å². The van der Waals surface area contributed by atoms with Crippen molar-refractivity contribution in [2.75, 3.05) is 32.5 Å². The molecule has 2 rings (SSSR count). The molecule has 20 heavy (non-hydrogen) atoms. The van der Waals surface area contributed by atoms with E-state index >= 15 is 0 Å². The molecule has 1 saturated heterocycles. The third-order valence-electron chi connectivity index (χ3n) is 3.43. The van der Waals surface area contributed by atoms with Crippen molar-refractivity contribution in [2.45, 2.75) is 12.8 Å². The highest BCUT2D eigenvalue weighted by atomic mass is 16.2. The lowest BCUT2D eigenvalue weighted by atomic mass is 9.99. The molecule has 1 heterocycles. The van der Waals surface area contributed by atoms with Crippen molar-refractivity contribution in [3.8, 4) is 0 Å². The molecule has 1 aliphatic heterocycles. The topological polar surface area (TPSA) is 61.4 Å². The van der Waals surface area contributed by atoms with Gasteiger partial charge in [-0.05, 0) is 36.7 Å². The van der Waals surface area contributed by atoms with Gasteiger partial charge in [0.1, 0.15) is 0 Å². The molecule has 1 aliphatic rings. The number of hydrogen-bond donors (Lipinski definition) is 2. The van der Waals surface area contributed by atoms with Crippen LogP contribution in [0.3, 0.4) is 0 Å². The number of rotatable bonds is 5. The SMILES string of the molecule is CN(C)C(=O)Cc1ccc(NC(=O)CC2CNC2)cc1. The van der Waals surface area contributed by atoms with Gasteiger partial charge in [0.25, 0.3) is 0 Å². The van der Waals surface area contributed by atoms with Crippen molar-refractivity contribution in [3.63, 3.8) is 0 Å². The number of likely N-dealkylation sites (N-methyl/N-ethyl adjacent to an activating group) is 1. The minimum Gasteiger partial charge on any atom is -0.349 e. The van der Waals surface area contributed by atoms with Gasteiger partial charge < -0.3 is 15.5 Å². The highest BCUT2D eigenvalue weighted by molar-refractivity contribution is 5.91. The lowest BCUT2D eigenvalue weighted by Gasteiger charge is -2.26. The van der Waals surface area contributed by atoms with Crippen molar-refractivity contribution in [1.29, 1.82) is 0 Å². The van der Waals surface area contributed by atoms with E-state index in [1.165, 1.54) is 0 Å². The maximum Gasteiger partial charge on any atom is 0.226 e. The number of anilines is 1. The quantitative estimate of drug-likeness (QED) is 0.838. The van der Waals surface area contributed by atoms with Crippen LogP contribution in [0.1, 0.15) is 12.0 Å². The average Bonchev–Trinajstić information content (AvgIpc) is 2.36. The zero-order chi connectivity index (χ0) is 14.5. The molecule has 0 bridgehead atoms. The van der Waals surface area contributed by atoms with Gasteiger partial charge >= 0.3 is 0 Å². The first-order chi connectivity index (χ1) is 9.54. The summed E-state index contributed by atoms with van der Waals surface area (Å²) in [6, 6.07) is 7.44. The van der Waals surface area contributed by atoms with E-state index < -0.39 is 0 Å². The Kier molecular flexibility index (Phi) is 4.74. The van der Waals surface area contributed by atoms with E-state index in [0.717, 1.165) is 24.3 Å². The van der Waals surface area contributed by atoms with Crippen LogP contribution in [0.5, 0.6) is 0 Å². The van der Waals surface area contributed by atoms with Gasteiger partial charge in [0.05, 0.1) is 6.42 Å². The Balaban J connectivity index is 1.84. The molecule has 1 aromatic rings. The fourth-order valence-electron chi connectivity index (χ4n) is 2.01. The van der Waals surface area contributed by atoms with Crippen LogP contribution in [0.4, 0.5) is 5.69 Å². The second-order valence-electron chi connectivity index (χ2n) is 5.44. The molecule has 0 aliphatic carbocycles. The van der Waals surface area contributed by atoms with E-state index in [-0.39, 0.29) is 11.8 Å². The van der Waals surface area contributed by atoms with Crippen molar-refractivity contribution in [1.82, 2.24) is 10.2 Å². The summed E-state index contributed by atoms with van der Waals surface area (Å²) in [7, 11) is 3.48. The smallest absolute Gasteiger partial charge is 0.226 e. The Morgan fingerprint density at radius 1 is 1.25 bits per heavy atom. The highest BCUT2D eigenvalue weighted by Gasteiger charge is 2.19. The van der Waals surface area contributed by atoms with Crippen LogP contribution >= 0.6 is 0 Å². The van der Waals surface area contributed by atoms with E-state index in [2.05, 4.69) is 10.6 Å². The number of nitrogens with zero attached hydrogens (tertiary/aromatic N) is 1. The second-order valence-corrected chi connectivity index (χ2v) is 5.44. The Morgan fingerprint density at radius 3 is 2.40 bits per heavy atom. The Bertz CT molecular complexity index is 478. The first-order valence-electron chi connectivity index (χ1n) is 6.84. The first kappa shape index (κ1) is 14.5. The molecule has 5 heteroatoms. The van der Waals surface area contributed by atoms with E-state index in [0.29, 0.717) is 18.8 Å². The number of amides is 2. The van der Waals surface area contributed by atoms with Gasteiger partial charge in [-0.15, -0.1) is 0 Å². The standard InChI is InChI=1S/C15H21N3O2/c1-18(2)15(20)8-11-3-5-13(6-4-11)17-14(19)7-12-9-16-10-12/h3-6,12,16H,7-10H2,1-2H3,(H,17,19). The molecule has 108 valence electrons. The molecule has 0 atom stereocenters. The first-order valence-corrected chi connectivity index (χ1v) is 6.84. The number of nitrogens with one attached hydrogen (secondary N) is 2. The molecule has 1 fully saturated rings. The number of carbonyl (C=O) groups is 2. The minimum atomic E-state index is 0.0496. The van der Waals surface area contributed by atoms with Crippen molar-refractivity contribution in [2.24, 2.45) is 5.92 Å². The molecule has 1 aromatic carbocycles. The summed E-state index contributed by atoms with van der Waals surface area (Å²) in [6.45, 7) is 1.86. The summed E-state index contributed by atoms with van der Waals surface area (Å²) in [5, 5.41) is 6.03. The molecular formula is C15H21N3O2. The molecule has 2 amide bonds. The monoisotopic (exact) mass is 275 g/mol. The normalized spacial score (nSPS) is 14.5. The fraction of sp³-hybridized carbons (Fsp3) is 0.467. The van der Waals surface area contributed by atoms with Gasteiger partial charge in [-0.25, -0.2) is 0 Å². The van der Waals surface area contributed by atoms with Crippen molar-refractivity contribution in [3.05, 3.63) is 29.8 Å². The molecule has 5 nitrogen and oxygen atoms in total. The van der Waals surface area contributed by atoms with Gasteiger partial charge in [0.2, 0.25) is 11.8 Å². The summed E-state index contributed by atoms with van der Waals surface area (Å²) in [5.41, 5.74) is 1.73. The molecular weight excluding hydrogens is 254 g/mol. The van der Waals surface area contributed by atoms with Crippen LogP contribution in [0.15, 0.2) is 24.3 Å². The molecule has 0 unspecified atom stereocenters. The van der Waals surface area contributed by atoms with Crippen LogP contribution in [-0.2, 0) is 16.0 Å². The summed E-state index contributed by atoms with van der Waals surface area (Å²) >= 11 is 0. The summed E-state index contributed by atoms with van der Waals surface area (Å²) in [5.74, 6) is 0.583. The summed E-state index contributed by atoms with van der Waals surface area (Å²) in [6.07, 6.45) is 0.947. The largest absolute Gasteiger partial charge is 0.349 e. The van der Waals surface area contributed by atoms with Gasteiger partial charge in [0, 0.05) is 26.2 Å². The van der Waals surface area contributed by atoms with Crippen LogP contribution < -0.4 is 10.6 Å². The average molecular weight is 275 g/mol. The van der Waals surface area contributed by atoms with Gasteiger partial charge in [-0.2, -0.15) is 0 Å². The van der Waals surface area contributed by atoms with E-state index in [1.54, 1.807) is 19.0 Å². The summed E-state index contributed by atoms with van der Waals surface area (Å²) in [4.78, 5) is 24.9. The van der Waals surface area contributed by atoms with Crippen molar-refractivity contribution >= 4 is 17.5 Å².